The Hall–Kier alpha value is -1.71. The van der Waals surface area contributed by atoms with Crippen LogP contribution in [-0.2, 0) is 0 Å². The first-order valence-electron chi connectivity index (χ1n) is 5.46. The molecule has 1 rings (SSSR count). The predicted octanol–water partition coefficient (Wildman–Crippen LogP) is 2.32. The summed E-state index contributed by atoms with van der Waals surface area (Å²) in [4.78, 5) is 12.4. The number of carbonyl (C=O) groups is 1. The summed E-state index contributed by atoms with van der Waals surface area (Å²) in [5.74, 6) is 4.16. The Kier molecular flexibility index (Phi) is 5.43. The summed E-state index contributed by atoms with van der Waals surface area (Å²) in [6, 6.07) is 4.00. The van der Waals surface area contributed by atoms with E-state index in [2.05, 4.69) is 11.8 Å². The van der Waals surface area contributed by atoms with Crippen molar-refractivity contribution in [1.29, 1.82) is 0 Å². The summed E-state index contributed by atoms with van der Waals surface area (Å²) in [5.41, 5.74) is 0.423. The molecule has 0 radical (unpaired) electrons. The van der Waals surface area contributed by atoms with Crippen molar-refractivity contribution in [2.75, 3.05) is 20.2 Å². The summed E-state index contributed by atoms with van der Waals surface area (Å²) >= 11 is 5.87. The average molecular weight is 306 g/mol. The number of amides is 1. The van der Waals surface area contributed by atoms with Crippen LogP contribution in [0.4, 0.5) is 13.2 Å². The minimum Gasteiger partial charge on any atom is -0.384 e. The van der Waals surface area contributed by atoms with Gasteiger partial charge in [-0.25, -0.2) is 0 Å². The zero-order valence-corrected chi connectivity index (χ0v) is 11.2. The molecule has 0 aliphatic rings. The van der Waals surface area contributed by atoms with E-state index in [1.165, 1.54) is 18.2 Å². The number of carbonyl (C=O) groups excluding carboxylic acids is 1. The molecular formula is C13H11ClF3NO2. The Labute approximate surface area is 119 Å². The Morgan fingerprint density at radius 2 is 2.10 bits per heavy atom. The molecule has 0 aliphatic carbocycles. The maximum atomic E-state index is 12.2. The van der Waals surface area contributed by atoms with Gasteiger partial charge in [0.25, 0.3) is 5.91 Å². The molecule has 0 atom stereocenters. The number of hydrogen-bond donors (Lipinski definition) is 1. The third kappa shape index (κ3) is 4.76. The number of benzene rings is 1. The molecule has 0 saturated carbocycles. The van der Waals surface area contributed by atoms with Gasteiger partial charge in [-0.05, 0) is 18.2 Å². The zero-order chi connectivity index (χ0) is 15.3. The number of alkyl halides is 3. The number of nitrogens with zero attached hydrogens (tertiary/aromatic N) is 1. The lowest BCUT2D eigenvalue weighted by atomic mass is 10.1. The van der Waals surface area contributed by atoms with Crippen molar-refractivity contribution in [2.24, 2.45) is 0 Å². The topological polar surface area (TPSA) is 40.5 Å². The first kappa shape index (κ1) is 16.3. The summed E-state index contributed by atoms with van der Waals surface area (Å²) in [6.07, 6.45) is -4.46. The minimum atomic E-state index is -4.46. The molecule has 7 heteroatoms. The highest BCUT2D eigenvalue weighted by Gasteiger charge is 2.31. The van der Waals surface area contributed by atoms with Gasteiger partial charge in [-0.3, -0.25) is 4.79 Å². The number of hydrogen-bond acceptors (Lipinski definition) is 2. The predicted molar refractivity (Wildman–Crippen MR) is 68.4 cm³/mol. The molecule has 3 nitrogen and oxygen atoms in total. The smallest absolute Gasteiger partial charge is 0.384 e. The van der Waals surface area contributed by atoms with E-state index >= 15 is 0 Å². The largest absolute Gasteiger partial charge is 0.406 e. The van der Waals surface area contributed by atoms with Gasteiger partial charge in [0.05, 0.1) is 5.02 Å². The first-order valence-corrected chi connectivity index (χ1v) is 5.84. The second-order valence-electron chi connectivity index (χ2n) is 3.93. The lowest BCUT2D eigenvalue weighted by Crippen LogP contribution is -2.35. The van der Waals surface area contributed by atoms with Crippen molar-refractivity contribution in [2.45, 2.75) is 6.18 Å². The van der Waals surface area contributed by atoms with Gasteiger partial charge in [0.2, 0.25) is 0 Å². The highest BCUT2D eigenvalue weighted by atomic mass is 35.5. The fraction of sp³-hybridized carbons (Fsp3) is 0.308. The lowest BCUT2D eigenvalue weighted by molar-refractivity contribution is -0.138. The van der Waals surface area contributed by atoms with Crippen molar-refractivity contribution in [3.63, 3.8) is 0 Å². The van der Waals surface area contributed by atoms with Crippen LogP contribution in [0.5, 0.6) is 0 Å². The number of halogens is 4. The average Bonchev–Trinajstić information content (AvgIpc) is 2.34. The maximum Gasteiger partial charge on any atom is 0.406 e. The second-order valence-corrected chi connectivity index (χ2v) is 4.34. The van der Waals surface area contributed by atoms with E-state index in [1.54, 1.807) is 0 Å². The summed E-state index contributed by atoms with van der Waals surface area (Å²) in [6.45, 7) is -1.68. The monoisotopic (exact) mass is 305 g/mol. The van der Waals surface area contributed by atoms with Crippen LogP contribution in [0.2, 0.25) is 5.02 Å². The molecular weight excluding hydrogens is 295 g/mol. The number of rotatable bonds is 2. The lowest BCUT2D eigenvalue weighted by Gasteiger charge is -2.19. The van der Waals surface area contributed by atoms with E-state index in [1.807, 2.05) is 0 Å². The zero-order valence-electron chi connectivity index (χ0n) is 10.5. The molecule has 0 aromatic heterocycles. The van der Waals surface area contributed by atoms with Crippen LogP contribution < -0.4 is 0 Å². The van der Waals surface area contributed by atoms with Gasteiger partial charge in [-0.2, -0.15) is 13.2 Å². The molecule has 108 valence electrons. The molecule has 1 aromatic carbocycles. The third-order valence-electron chi connectivity index (χ3n) is 2.28. The van der Waals surface area contributed by atoms with Crippen molar-refractivity contribution < 1.29 is 23.1 Å². The fourth-order valence-corrected chi connectivity index (χ4v) is 1.67. The molecule has 0 aliphatic heterocycles. The second kappa shape index (κ2) is 6.64. The third-order valence-corrected chi connectivity index (χ3v) is 2.59. The van der Waals surface area contributed by atoms with E-state index in [-0.39, 0.29) is 17.2 Å². The molecule has 0 bridgehead atoms. The van der Waals surface area contributed by atoms with Crippen molar-refractivity contribution in [3.8, 4) is 11.8 Å². The number of aliphatic hydroxyl groups is 1. The number of aliphatic hydroxyl groups excluding tert-OH is 1. The molecule has 0 saturated heterocycles. The quantitative estimate of drug-likeness (QED) is 0.852. The van der Waals surface area contributed by atoms with Crippen LogP contribution in [0.3, 0.4) is 0 Å². The van der Waals surface area contributed by atoms with Crippen LogP contribution >= 0.6 is 11.6 Å². The molecule has 1 amide bonds. The van der Waals surface area contributed by atoms with Crippen LogP contribution in [0.15, 0.2) is 18.2 Å². The van der Waals surface area contributed by atoms with Gasteiger partial charge in [0, 0.05) is 18.2 Å². The molecule has 0 spiro atoms. The highest BCUT2D eigenvalue weighted by Crippen LogP contribution is 2.20. The van der Waals surface area contributed by atoms with Gasteiger partial charge < -0.3 is 10.0 Å². The van der Waals surface area contributed by atoms with Crippen LogP contribution in [0, 0.1) is 11.8 Å². The summed E-state index contributed by atoms with van der Waals surface area (Å²) < 4.78 is 36.6. The standard InChI is InChI=1S/C13H11ClF3NO2/c1-18(8-13(15,16)17)12(20)10-5-4-9(3-2-6-19)11(14)7-10/h4-5,7,19H,6,8H2,1H3. The van der Waals surface area contributed by atoms with Gasteiger partial charge in [0.15, 0.2) is 0 Å². The van der Waals surface area contributed by atoms with E-state index in [4.69, 9.17) is 16.7 Å². The Morgan fingerprint density at radius 3 is 2.60 bits per heavy atom. The molecule has 20 heavy (non-hydrogen) atoms. The van der Waals surface area contributed by atoms with Crippen LogP contribution in [0.25, 0.3) is 0 Å². The maximum absolute atomic E-state index is 12.2. The fourth-order valence-electron chi connectivity index (χ4n) is 1.45. The highest BCUT2D eigenvalue weighted by molar-refractivity contribution is 6.32. The van der Waals surface area contributed by atoms with Gasteiger partial charge >= 0.3 is 6.18 Å². The van der Waals surface area contributed by atoms with Crippen molar-refractivity contribution in [1.82, 2.24) is 4.90 Å². The van der Waals surface area contributed by atoms with E-state index in [0.717, 1.165) is 7.05 Å². The molecule has 1 aromatic rings. The van der Waals surface area contributed by atoms with Crippen LogP contribution in [0.1, 0.15) is 15.9 Å². The van der Waals surface area contributed by atoms with E-state index in [9.17, 15) is 18.0 Å². The van der Waals surface area contributed by atoms with Gasteiger partial charge in [-0.15, -0.1) is 0 Å². The summed E-state index contributed by atoms with van der Waals surface area (Å²) in [7, 11) is 1.06. The van der Waals surface area contributed by atoms with Gasteiger partial charge in [-0.1, -0.05) is 23.4 Å². The SMILES string of the molecule is CN(CC(F)(F)F)C(=O)c1ccc(C#CCO)c(Cl)c1. The Morgan fingerprint density at radius 1 is 1.45 bits per heavy atom. The first-order chi connectivity index (χ1) is 9.24. The Balaban J connectivity index is 2.92. The normalized spacial score (nSPS) is 10.7. The summed E-state index contributed by atoms with van der Waals surface area (Å²) in [5, 5.41) is 8.69. The van der Waals surface area contributed by atoms with Crippen LogP contribution in [-0.4, -0.2) is 42.3 Å². The molecule has 0 heterocycles. The van der Waals surface area contributed by atoms with Crippen molar-refractivity contribution >= 4 is 17.5 Å². The van der Waals surface area contributed by atoms with E-state index < -0.39 is 18.6 Å². The Bertz CT molecular complexity index is 561. The molecule has 1 N–H and O–H groups in total. The van der Waals surface area contributed by atoms with Crippen molar-refractivity contribution in [3.05, 3.63) is 34.3 Å². The minimum absolute atomic E-state index is 0.0382. The van der Waals surface area contributed by atoms with Gasteiger partial charge in [0.1, 0.15) is 13.2 Å². The van der Waals surface area contributed by atoms with E-state index in [0.29, 0.717) is 10.5 Å². The molecule has 0 unspecified atom stereocenters. The molecule has 0 fully saturated rings.